The third-order valence-electron chi connectivity index (χ3n) is 2.52. The van der Waals surface area contributed by atoms with Crippen molar-refractivity contribution in [3.05, 3.63) is 0 Å². The van der Waals surface area contributed by atoms with Crippen LogP contribution in [0.15, 0.2) is 0 Å². The molecule has 3 nitrogen and oxygen atoms in total. The maximum absolute atomic E-state index is 5.54. The van der Waals surface area contributed by atoms with Crippen molar-refractivity contribution in [2.24, 2.45) is 11.7 Å². The van der Waals surface area contributed by atoms with Crippen LogP contribution in [-0.4, -0.2) is 44.3 Å². The number of rotatable bonds is 8. The average molecular weight is 202 g/mol. The summed E-state index contributed by atoms with van der Waals surface area (Å²) >= 11 is 0. The number of nitrogens with two attached hydrogens (primary N) is 1. The minimum Gasteiger partial charge on any atom is -0.383 e. The second-order valence-corrected chi connectivity index (χ2v) is 4.26. The van der Waals surface area contributed by atoms with Crippen LogP contribution in [0.2, 0.25) is 0 Å². The van der Waals surface area contributed by atoms with Gasteiger partial charge in [0.25, 0.3) is 0 Å². The predicted molar refractivity (Wildman–Crippen MR) is 61.4 cm³/mol. The summed E-state index contributed by atoms with van der Waals surface area (Å²) in [4.78, 5) is 2.45. The van der Waals surface area contributed by atoms with E-state index >= 15 is 0 Å². The lowest BCUT2D eigenvalue weighted by Gasteiger charge is -2.28. The van der Waals surface area contributed by atoms with E-state index in [9.17, 15) is 0 Å². The molecule has 1 atom stereocenters. The van der Waals surface area contributed by atoms with Gasteiger partial charge in [-0.05, 0) is 32.7 Å². The van der Waals surface area contributed by atoms with Gasteiger partial charge in [0.1, 0.15) is 0 Å². The molecule has 0 amide bonds. The zero-order valence-electron chi connectivity index (χ0n) is 10.1. The molecule has 0 aromatic carbocycles. The van der Waals surface area contributed by atoms with Crippen molar-refractivity contribution < 1.29 is 4.74 Å². The molecular weight excluding hydrogens is 176 g/mol. The number of nitrogens with zero attached hydrogens (tertiary/aromatic N) is 1. The first-order valence-corrected chi connectivity index (χ1v) is 5.54. The SMILES string of the molecule is COCCN(CC(C)CCN)C(C)C. The zero-order valence-corrected chi connectivity index (χ0v) is 10.1. The van der Waals surface area contributed by atoms with Crippen molar-refractivity contribution in [1.29, 1.82) is 0 Å². The average Bonchev–Trinajstić information content (AvgIpc) is 2.12. The van der Waals surface area contributed by atoms with E-state index in [2.05, 4.69) is 25.7 Å². The van der Waals surface area contributed by atoms with Gasteiger partial charge in [-0.25, -0.2) is 0 Å². The van der Waals surface area contributed by atoms with Crippen molar-refractivity contribution in [3.8, 4) is 0 Å². The molecule has 86 valence electrons. The molecule has 0 saturated carbocycles. The fourth-order valence-corrected chi connectivity index (χ4v) is 1.54. The summed E-state index contributed by atoms with van der Waals surface area (Å²) in [5.74, 6) is 0.680. The Balaban J connectivity index is 3.82. The molecule has 0 rings (SSSR count). The standard InChI is InChI=1S/C11H26N2O/c1-10(2)13(7-8-14-4)9-11(3)5-6-12/h10-11H,5-9,12H2,1-4H3. The highest BCUT2D eigenvalue weighted by Crippen LogP contribution is 2.07. The summed E-state index contributed by atoms with van der Waals surface area (Å²) in [7, 11) is 1.75. The molecule has 3 heteroatoms. The molecule has 0 bridgehead atoms. The Hall–Kier alpha value is -0.120. The molecule has 0 fully saturated rings. The molecule has 14 heavy (non-hydrogen) atoms. The van der Waals surface area contributed by atoms with Gasteiger partial charge in [-0.15, -0.1) is 0 Å². The summed E-state index contributed by atoms with van der Waals surface area (Å²) in [6, 6.07) is 0.588. The van der Waals surface area contributed by atoms with Gasteiger partial charge in [0.05, 0.1) is 6.61 Å². The lowest BCUT2D eigenvalue weighted by molar-refractivity contribution is 0.117. The molecular formula is C11H26N2O. The largest absolute Gasteiger partial charge is 0.383 e. The molecule has 2 N–H and O–H groups in total. The summed E-state index contributed by atoms with van der Waals surface area (Å²) in [5.41, 5.74) is 5.54. The fraction of sp³-hybridized carbons (Fsp3) is 1.00. The van der Waals surface area contributed by atoms with Crippen LogP contribution in [0, 0.1) is 5.92 Å². The van der Waals surface area contributed by atoms with Crippen LogP contribution in [0.25, 0.3) is 0 Å². The van der Waals surface area contributed by atoms with Crippen molar-refractivity contribution in [1.82, 2.24) is 4.90 Å². The Morgan fingerprint density at radius 2 is 1.93 bits per heavy atom. The van der Waals surface area contributed by atoms with Crippen LogP contribution in [0.1, 0.15) is 27.2 Å². The maximum atomic E-state index is 5.54. The third kappa shape index (κ3) is 6.35. The molecule has 0 radical (unpaired) electrons. The van der Waals surface area contributed by atoms with E-state index in [4.69, 9.17) is 10.5 Å². The Bertz CT molecular complexity index is 128. The van der Waals surface area contributed by atoms with Gasteiger partial charge >= 0.3 is 0 Å². The summed E-state index contributed by atoms with van der Waals surface area (Å²) in [6.45, 7) is 10.5. The van der Waals surface area contributed by atoms with Crippen LogP contribution in [0.5, 0.6) is 0 Å². The summed E-state index contributed by atoms with van der Waals surface area (Å²) in [5, 5.41) is 0. The van der Waals surface area contributed by atoms with Crippen LogP contribution >= 0.6 is 0 Å². The quantitative estimate of drug-likeness (QED) is 0.645. The van der Waals surface area contributed by atoms with Gasteiger partial charge in [-0.1, -0.05) is 6.92 Å². The van der Waals surface area contributed by atoms with E-state index in [1.54, 1.807) is 7.11 Å². The highest BCUT2D eigenvalue weighted by atomic mass is 16.5. The van der Waals surface area contributed by atoms with E-state index in [0.29, 0.717) is 12.0 Å². The van der Waals surface area contributed by atoms with Gasteiger partial charge in [-0.2, -0.15) is 0 Å². The topological polar surface area (TPSA) is 38.5 Å². The Labute approximate surface area is 88.6 Å². The molecule has 0 aromatic rings. The molecule has 0 spiro atoms. The predicted octanol–water partition coefficient (Wildman–Crippen LogP) is 1.33. The molecule has 0 heterocycles. The lowest BCUT2D eigenvalue weighted by atomic mass is 10.1. The second kappa shape index (κ2) is 8.21. The van der Waals surface area contributed by atoms with Gasteiger partial charge < -0.3 is 10.5 Å². The van der Waals surface area contributed by atoms with Gasteiger partial charge in [0, 0.05) is 26.2 Å². The van der Waals surface area contributed by atoms with Crippen LogP contribution in [0.3, 0.4) is 0 Å². The highest BCUT2D eigenvalue weighted by molar-refractivity contribution is 4.66. The van der Waals surface area contributed by atoms with Crippen molar-refractivity contribution in [2.75, 3.05) is 33.4 Å². The van der Waals surface area contributed by atoms with E-state index in [-0.39, 0.29) is 0 Å². The Kier molecular flexibility index (Phi) is 8.14. The number of ether oxygens (including phenoxy) is 1. The van der Waals surface area contributed by atoms with E-state index < -0.39 is 0 Å². The van der Waals surface area contributed by atoms with Gasteiger partial charge in [-0.3, -0.25) is 4.90 Å². The number of hydrogen-bond donors (Lipinski definition) is 1. The third-order valence-corrected chi connectivity index (χ3v) is 2.52. The minimum absolute atomic E-state index is 0.588. The molecule has 0 aromatic heterocycles. The van der Waals surface area contributed by atoms with Crippen molar-refractivity contribution in [2.45, 2.75) is 33.2 Å². The van der Waals surface area contributed by atoms with E-state index in [0.717, 1.165) is 32.7 Å². The number of hydrogen-bond acceptors (Lipinski definition) is 3. The number of methoxy groups -OCH3 is 1. The van der Waals surface area contributed by atoms with E-state index in [1.807, 2.05) is 0 Å². The first-order chi connectivity index (χ1) is 6.61. The normalized spacial score (nSPS) is 13.9. The molecule has 0 aliphatic carbocycles. The van der Waals surface area contributed by atoms with Crippen LogP contribution in [0.4, 0.5) is 0 Å². The monoisotopic (exact) mass is 202 g/mol. The van der Waals surface area contributed by atoms with Gasteiger partial charge in [0.15, 0.2) is 0 Å². The van der Waals surface area contributed by atoms with Crippen LogP contribution in [-0.2, 0) is 4.74 Å². The van der Waals surface area contributed by atoms with Gasteiger partial charge in [0.2, 0.25) is 0 Å². The fourth-order valence-electron chi connectivity index (χ4n) is 1.54. The summed E-state index contributed by atoms with van der Waals surface area (Å²) in [6.07, 6.45) is 1.11. The first-order valence-electron chi connectivity index (χ1n) is 5.54. The lowest BCUT2D eigenvalue weighted by Crippen LogP contribution is -2.37. The molecule has 0 saturated heterocycles. The molecule has 0 aliphatic rings. The smallest absolute Gasteiger partial charge is 0.0589 e. The minimum atomic E-state index is 0.588. The molecule has 0 aliphatic heterocycles. The Morgan fingerprint density at radius 1 is 1.29 bits per heavy atom. The second-order valence-electron chi connectivity index (χ2n) is 4.26. The maximum Gasteiger partial charge on any atom is 0.0589 e. The zero-order chi connectivity index (χ0) is 11.0. The van der Waals surface area contributed by atoms with Crippen molar-refractivity contribution >= 4 is 0 Å². The van der Waals surface area contributed by atoms with E-state index in [1.165, 1.54) is 0 Å². The first kappa shape index (κ1) is 13.9. The highest BCUT2D eigenvalue weighted by Gasteiger charge is 2.12. The summed E-state index contributed by atoms with van der Waals surface area (Å²) < 4.78 is 5.10. The van der Waals surface area contributed by atoms with Crippen molar-refractivity contribution in [3.63, 3.8) is 0 Å². The Morgan fingerprint density at radius 3 is 2.36 bits per heavy atom. The van der Waals surface area contributed by atoms with Crippen LogP contribution < -0.4 is 5.73 Å². The molecule has 1 unspecified atom stereocenters.